The lowest BCUT2D eigenvalue weighted by molar-refractivity contribution is -0.154. The molecule has 7 heteroatoms. The summed E-state index contributed by atoms with van der Waals surface area (Å²) in [5.41, 5.74) is 0.961. The SMILES string of the molecule is Cc1noc(C(C)C)c1C(=O)N1CCOC(C(=O)O)C1. The van der Waals surface area contributed by atoms with Gasteiger partial charge in [-0.15, -0.1) is 0 Å². The highest BCUT2D eigenvalue weighted by Gasteiger charge is 2.33. The molecule has 1 unspecified atom stereocenters. The molecule has 1 aliphatic rings. The van der Waals surface area contributed by atoms with E-state index in [4.69, 9.17) is 14.4 Å². The number of hydrogen-bond donors (Lipinski definition) is 1. The number of aliphatic carboxylic acids is 1. The number of aryl methyl sites for hydroxylation is 1. The standard InChI is InChI=1S/C13H18N2O5/c1-7(2)11-10(8(3)14-20-11)12(16)15-4-5-19-9(6-15)13(17)18/h7,9H,4-6H2,1-3H3,(H,17,18). The number of carboxylic acids is 1. The summed E-state index contributed by atoms with van der Waals surface area (Å²) in [6.45, 7) is 6.15. The van der Waals surface area contributed by atoms with Gasteiger partial charge in [-0.1, -0.05) is 19.0 Å². The second-order valence-electron chi connectivity index (χ2n) is 5.11. The van der Waals surface area contributed by atoms with Crippen LogP contribution < -0.4 is 0 Å². The summed E-state index contributed by atoms with van der Waals surface area (Å²) in [6, 6.07) is 0. The van der Waals surface area contributed by atoms with E-state index in [1.54, 1.807) is 6.92 Å². The van der Waals surface area contributed by atoms with Crippen LogP contribution in [0.3, 0.4) is 0 Å². The van der Waals surface area contributed by atoms with Crippen LogP contribution in [-0.4, -0.2) is 52.8 Å². The second kappa shape index (κ2) is 5.62. The summed E-state index contributed by atoms with van der Waals surface area (Å²) in [5.74, 6) is -0.743. The predicted molar refractivity (Wildman–Crippen MR) is 68.6 cm³/mol. The number of nitrogens with zero attached hydrogens (tertiary/aromatic N) is 2. The van der Waals surface area contributed by atoms with Gasteiger partial charge in [-0.2, -0.15) is 0 Å². The van der Waals surface area contributed by atoms with Gasteiger partial charge in [0, 0.05) is 12.5 Å². The van der Waals surface area contributed by atoms with Crippen molar-refractivity contribution in [2.75, 3.05) is 19.7 Å². The molecule has 0 aliphatic carbocycles. The summed E-state index contributed by atoms with van der Waals surface area (Å²) >= 11 is 0. The van der Waals surface area contributed by atoms with Gasteiger partial charge in [0.1, 0.15) is 5.56 Å². The molecule has 0 saturated carbocycles. The molecule has 0 radical (unpaired) electrons. The van der Waals surface area contributed by atoms with Crippen molar-refractivity contribution in [1.29, 1.82) is 0 Å². The fourth-order valence-electron chi connectivity index (χ4n) is 2.18. The first-order valence-electron chi connectivity index (χ1n) is 6.51. The fraction of sp³-hybridized carbons (Fsp3) is 0.615. The summed E-state index contributed by atoms with van der Waals surface area (Å²) in [5, 5.41) is 12.8. The molecule has 1 atom stereocenters. The van der Waals surface area contributed by atoms with Gasteiger partial charge in [0.05, 0.1) is 18.8 Å². The van der Waals surface area contributed by atoms with Crippen LogP contribution in [0.4, 0.5) is 0 Å². The Labute approximate surface area is 116 Å². The molecular formula is C13H18N2O5. The van der Waals surface area contributed by atoms with Crippen molar-refractivity contribution in [2.45, 2.75) is 32.8 Å². The van der Waals surface area contributed by atoms with Gasteiger partial charge in [0.25, 0.3) is 5.91 Å². The molecule has 0 bridgehead atoms. The Balaban J connectivity index is 2.23. The van der Waals surface area contributed by atoms with Crippen LogP contribution in [0.25, 0.3) is 0 Å². The van der Waals surface area contributed by atoms with E-state index in [0.717, 1.165) is 0 Å². The van der Waals surface area contributed by atoms with Gasteiger partial charge in [-0.3, -0.25) is 4.79 Å². The van der Waals surface area contributed by atoms with Gasteiger partial charge in [-0.05, 0) is 6.92 Å². The molecule has 2 heterocycles. The zero-order chi connectivity index (χ0) is 14.9. The minimum atomic E-state index is -1.06. The van der Waals surface area contributed by atoms with Crippen molar-refractivity contribution < 1.29 is 24.0 Å². The molecule has 2 rings (SSSR count). The summed E-state index contributed by atoms with van der Waals surface area (Å²) in [4.78, 5) is 25.0. The minimum absolute atomic E-state index is 0.0338. The molecule has 7 nitrogen and oxygen atoms in total. The van der Waals surface area contributed by atoms with E-state index in [0.29, 0.717) is 23.6 Å². The van der Waals surface area contributed by atoms with Crippen molar-refractivity contribution in [3.8, 4) is 0 Å². The van der Waals surface area contributed by atoms with E-state index < -0.39 is 12.1 Å². The number of rotatable bonds is 3. The Morgan fingerprint density at radius 3 is 2.75 bits per heavy atom. The zero-order valence-corrected chi connectivity index (χ0v) is 11.8. The van der Waals surface area contributed by atoms with E-state index >= 15 is 0 Å². The maximum Gasteiger partial charge on any atom is 0.334 e. The smallest absolute Gasteiger partial charge is 0.334 e. The quantitative estimate of drug-likeness (QED) is 0.890. The molecule has 1 amide bonds. The van der Waals surface area contributed by atoms with Crippen LogP contribution in [0.15, 0.2) is 4.52 Å². The molecule has 1 saturated heterocycles. The number of carbonyl (C=O) groups is 2. The van der Waals surface area contributed by atoms with Crippen molar-refractivity contribution in [1.82, 2.24) is 10.1 Å². The second-order valence-corrected chi connectivity index (χ2v) is 5.11. The lowest BCUT2D eigenvalue weighted by atomic mass is 10.0. The number of morpholine rings is 1. The third-order valence-corrected chi connectivity index (χ3v) is 3.26. The number of aromatic nitrogens is 1. The third-order valence-electron chi connectivity index (χ3n) is 3.26. The molecule has 1 N–H and O–H groups in total. The Morgan fingerprint density at radius 1 is 1.45 bits per heavy atom. The highest BCUT2D eigenvalue weighted by molar-refractivity contribution is 5.96. The van der Waals surface area contributed by atoms with Gasteiger partial charge in [-0.25, -0.2) is 4.79 Å². The first-order chi connectivity index (χ1) is 9.41. The van der Waals surface area contributed by atoms with Gasteiger partial charge < -0.3 is 19.3 Å². The van der Waals surface area contributed by atoms with Crippen LogP contribution in [0.2, 0.25) is 0 Å². The van der Waals surface area contributed by atoms with E-state index in [1.165, 1.54) is 4.90 Å². The maximum absolute atomic E-state index is 12.6. The van der Waals surface area contributed by atoms with Crippen molar-refractivity contribution in [3.63, 3.8) is 0 Å². The number of ether oxygens (including phenoxy) is 1. The number of carbonyl (C=O) groups excluding carboxylic acids is 1. The van der Waals surface area contributed by atoms with Gasteiger partial charge in [0.15, 0.2) is 11.9 Å². The monoisotopic (exact) mass is 282 g/mol. The Bertz CT molecular complexity index is 523. The van der Waals surface area contributed by atoms with Crippen molar-refractivity contribution in [2.24, 2.45) is 0 Å². The van der Waals surface area contributed by atoms with E-state index in [9.17, 15) is 9.59 Å². The molecule has 1 aromatic heterocycles. The lowest BCUT2D eigenvalue weighted by Gasteiger charge is -2.30. The highest BCUT2D eigenvalue weighted by atomic mass is 16.5. The Kier molecular flexibility index (Phi) is 4.08. The molecule has 0 aromatic carbocycles. The van der Waals surface area contributed by atoms with Crippen molar-refractivity contribution in [3.05, 3.63) is 17.0 Å². The lowest BCUT2D eigenvalue weighted by Crippen LogP contribution is -2.48. The van der Waals surface area contributed by atoms with Crippen LogP contribution in [0.5, 0.6) is 0 Å². The minimum Gasteiger partial charge on any atom is -0.479 e. The van der Waals surface area contributed by atoms with Crippen LogP contribution in [-0.2, 0) is 9.53 Å². The molecular weight excluding hydrogens is 264 g/mol. The molecule has 1 aliphatic heterocycles. The summed E-state index contributed by atoms with van der Waals surface area (Å²) in [6.07, 6.45) is -0.977. The summed E-state index contributed by atoms with van der Waals surface area (Å²) < 4.78 is 10.3. The van der Waals surface area contributed by atoms with Crippen LogP contribution >= 0.6 is 0 Å². The number of amides is 1. The number of carboxylic acid groups (broad SMARTS) is 1. The Morgan fingerprint density at radius 2 is 2.15 bits per heavy atom. The molecule has 1 aromatic rings. The molecule has 0 spiro atoms. The molecule has 110 valence electrons. The highest BCUT2D eigenvalue weighted by Crippen LogP contribution is 2.24. The van der Waals surface area contributed by atoms with E-state index in [-0.39, 0.29) is 25.0 Å². The first-order valence-corrected chi connectivity index (χ1v) is 6.51. The number of hydrogen-bond acceptors (Lipinski definition) is 5. The average molecular weight is 282 g/mol. The topological polar surface area (TPSA) is 92.9 Å². The van der Waals surface area contributed by atoms with Crippen LogP contribution in [0, 0.1) is 6.92 Å². The van der Waals surface area contributed by atoms with E-state index in [2.05, 4.69) is 5.16 Å². The molecule has 1 fully saturated rings. The third kappa shape index (κ3) is 2.67. The largest absolute Gasteiger partial charge is 0.479 e. The average Bonchev–Trinajstić information content (AvgIpc) is 2.80. The molecule has 20 heavy (non-hydrogen) atoms. The van der Waals surface area contributed by atoms with Gasteiger partial charge in [0.2, 0.25) is 0 Å². The zero-order valence-electron chi connectivity index (χ0n) is 11.8. The van der Waals surface area contributed by atoms with Gasteiger partial charge >= 0.3 is 5.97 Å². The maximum atomic E-state index is 12.6. The Hall–Kier alpha value is -1.89. The normalized spacial score (nSPS) is 19.4. The predicted octanol–water partition coefficient (Wildman–Crippen LogP) is 1.03. The van der Waals surface area contributed by atoms with E-state index in [1.807, 2.05) is 13.8 Å². The van der Waals surface area contributed by atoms with Crippen LogP contribution in [0.1, 0.15) is 41.6 Å². The fourth-order valence-corrected chi connectivity index (χ4v) is 2.18. The first kappa shape index (κ1) is 14.5. The van der Waals surface area contributed by atoms with Crippen molar-refractivity contribution >= 4 is 11.9 Å². The summed E-state index contributed by atoms with van der Waals surface area (Å²) in [7, 11) is 0.